The number of rotatable bonds is 7. The zero-order valence-corrected chi connectivity index (χ0v) is 21.4. The van der Waals surface area contributed by atoms with E-state index in [0.29, 0.717) is 37.0 Å². The van der Waals surface area contributed by atoms with Crippen molar-refractivity contribution in [2.24, 2.45) is 10.7 Å². The van der Waals surface area contributed by atoms with Crippen molar-refractivity contribution in [1.29, 1.82) is 0 Å². The average Bonchev–Trinajstić information content (AvgIpc) is 2.93. The lowest BCUT2D eigenvalue weighted by atomic mass is 10.1. The van der Waals surface area contributed by atoms with Crippen molar-refractivity contribution in [1.82, 2.24) is 9.97 Å². The minimum atomic E-state index is -4.61. The van der Waals surface area contributed by atoms with Crippen molar-refractivity contribution >= 4 is 28.2 Å². The molecule has 7 nitrogen and oxygen atoms in total. The summed E-state index contributed by atoms with van der Waals surface area (Å²) in [5.74, 6) is 1.29. The molecule has 1 aliphatic rings. The molecule has 39 heavy (non-hydrogen) atoms. The number of piperidine rings is 1. The number of amidine groups is 1. The molecular weight excluding hydrogens is 507 g/mol. The van der Waals surface area contributed by atoms with Crippen LogP contribution in [-0.4, -0.2) is 41.4 Å². The van der Waals surface area contributed by atoms with Gasteiger partial charge in [0.25, 0.3) is 0 Å². The lowest BCUT2D eigenvalue weighted by Crippen LogP contribution is -2.39. The van der Waals surface area contributed by atoms with E-state index in [4.69, 9.17) is 15.5 Å². The van der Waals surface area contributed by atoms with Crippen LogP contribution in [0.4, 0.5) is 24.7 Å². The molecule has 4 aromatic rings. The number of nitrogens with zero attached hydrogens (tertiary/aromatic N) is 4. The lowest BCUT2D eigenvalue weighted by Gasteiger charge is -2.33. The van der Waals surface area contributed by atoms with Crippen LogP contribution < -0.4 is 15.4 Å². The predicted molar refractivity (Wildman–Crippen MR) is 144 cm³/mol. The van der Waals surface area contributed by atoms with Crippen LogP contribution in [0.25, 0.3) is 10.9 Å². The number of anilines is 1. The topological polar surface area (TPSA) is 85.9 Å². The second kappa shape index (κ2) is 11.3. The molecule has 1 aliphatic heterocycles. The summed E-state index contributed by atoms with van der Waals surface area (Å²) in [7, 11) is 0. The summed E-state index contributed by atoms with van der Waals surface area (Å²) in [5.41, 5.74) is 10.3. The molecule has 1 saturated heterocycles. The van der Waals surface area contributed by atoms with Crippen molar-refractivity contribution in [3.05, 3.63) is 89.7 Å². The number of para-hydroxylation sites is 1. The first kappa shape index (κ1) is 26.4. The highest BCUT2D eigenvalue weighted by Gasteiger charge is 2.35. The molecule has 0 radical (unpaired) electrons. The molecule has 5 rings (SSSR count). The zero-order chi connectivity index (χ0) is 27.4. The van der Waals surface area contributed by atoms with Crippen molar-refractivity contribution < 1.29 is 22.6 Å². The van der Waals surface area contributed by atoms with Gasteiger partial charge >= 0.3 is 6.36 Å². The summed E-state index contributed by atoms with van der Waals surface area (Å²) in [4.78, 5) is 15.6. The van der Waals surface area contributed by atoms with E-state index in [0.717, 1.165) is 27.7 Å². The highest BCUT2D eigenvalue weighted by atomic mass is 19.4. The number of aromatic nitrogens is 2. The Labute approximate surface area is 224 Å². The van der Waals surface area contributed by atoms with Crippen LogP contribution in [0.15, 0.2) is 77.9 Å². The SMILES string of the molecule is Cc1c(C(N)=Nc2ccc(N3CCC(OC(F)(F)F)CC3)cn2)nc2ccccc2c1OCc1ccccc1. The minimum Gasteiger partial charge on any atom is -0.488 e. The number of alkyl halides is 3. The second-order valence-corrected chi connectivity index (χ2v) is 9.33. The molecule has 0 atom stereocenters. The number of hydrogen-bond acceptors (Lipinski definition) is 6. The molecular formula is C29H28F3N5O2. The minimum absolute atomic E-state index is 0.202. The Bertz CT molecular complexity index is 1450. The molecule has 2 N–H and O–H groups in total. The third-order valence-electron chi connectivity index (χ3n) is 6.62. The van der Waals surface area contributed by atoms with Gasteiger partial charge in [-0.05, 0) is 49.6 Å². The van der Waals surface area contributed by atoms with Gasteiger partial charge < -0.3 is 15.4 Å². The van der Waals surface area contributed by atoms with Crippen molar-refractivity contribution in [2.75, 3.05) is 18.0 Å². The fraction of sp³-hybridized carbons (Fsp3) is 0.276. The molecule has 10 heteroatoms. The van der Waals surface area contributed by atoms with Crippen LogP contribution in [-0.2, 0) is 11.3 Å². The summed E-state index contributed by atoms with van der Waals surface area (Å²) in [6, 6.07) is 21.2. The van der Waals surface area contributed by atoms with Crippen LogP contribution in [0.2, 0.25) is 0 Å². The zero-order valence-electron chi connectivity index (χ0n) is 21.4. The second-order valence-electron chi connectivity index (χ2n) is 9.33. The van der Waals surface area contributed by atoms with Crippen LogP contribution in [0.5, 0.6) is 5.75 Å². The number of hydrogen-bond donors (Lipinski definition) is 1. The third kappa shape index (κ3) is 6.46. The van der Waals surface area contributed by atoms with E-state index >= 15 is 0 Å². The maximum absolute atomic E-state index is 12.5. The molecule has 3 heterocycles. The monoisotopic (exact) mass is 535 g/mol. The third-order valence-corrected chi connectivity index (χ3v) is 6.62. The van der Waals surface area contributed by atoms with Gasteiger partial charge in [-0.2, -0.15) is 0 Å². The molecule has 0 unspecified atom stereocenters. The Hall–Kier alpha value is -4.18. The molecule has 1 fully saturated rings. The van der Waals surface area contributed by atoms with Crippen molar-refractivity contribution in [2.45, 2.75) is 38.8 Å². The lowest BCUT2D eigenvalue weighted by molar-refractivity contribution is -0.344. The molecule has 0 bridgehead atoms. The Balaban J connectivity index is 1.34. The van der Waals surface area contributed by atoms with E-state index in [1.54, 1.807) is 12.3 Å². The number of pyridine rings is 2. The summed E-state index contributed by atoms with van der Waals surface area (Å²) in [5, 5.41) is 0.884. The van der Waals surface area contributed by atoms with Crippen LogP contribution >= 0.6 is 0 Å². The molecule has 2 aromatic heterocycles. The van der Waals surface area contributed by atoms with Gasteiger partial charge in [0, 0.05) is 24.0 Å². The van der Waals surface area contributed by atoms with Crippen molar-refractivity contribution in [3.63, 3.8) is 0 Å². The first-order valence-corrected chi connectivity index (χ1v) is 12.6. The predicted octanol–water partition coefficient (Wildman–Crippen LogP) is 6.06. The van der Waals surface area contributed by atoms with Gasteiger partial charge in [0.05, 0.1) is 23.5 Å². The molecule has 0 saturated carbocycles. The largest absolute Gasteiger partial charge is 0.522 e. The van der Waals surface area contributed by atoms with Gasteiger partial charge in [0.15, 0.2) is 11.7 Å². The van der Waals surface area contributed by atoms with Crippen molar-refractivity contribution in [3.8, 4) is 5.75 Å². The van der Waals surface area contributed by atoms with Gasteiger partial charge in [-0.1, -0.05) is 42.5 Å². The van der Waals surface area contributed by atoms with Gasteiger partial charge in [-0.3, -0.25) is 4.74 Å². The van der Waals surface area contributed by atoms with E-state index < -0.39 is 12.5 Å². The van der Waals surface area contributed by atoms with Gasteiger partial charge in [-0.25, -0.2) is 15.0 Å². The van der Waals surface area contributed by atoms with Gasteiger partial charge in [0.2, 0.25) is 0 Å². The average molecular weight is 536 g/mol. The standard InChI is InChI=1S/C29H28F3N5O2/c1-19-26(35-24-10-6-5-9-23(24)27(19)38-18-20-7-3-2-4-8-20)28(33)36-25-12-11-21(17-34-25)37-15-13-22(14-16-37)39-29(30,31)32/h2-12,17,22H,13-16,18H2,1H3,(H2,33,34,36). The highest BCUT2D eigenvalue weighted by Crippen LogP contribution is 2.32. The Morgan fingerprint density at radius 2 is 1.74 bits per heavy atom. The maximum Gasteiger partial charge on any atom is 0.522 e. The van der Waals surface area contributed by atoms with E-state index in [-0.39, 0.29) is 18.7 Å². The maximum atomic E-state index is 12.5. The van der Waals surface area contributed by atoms with Crippen LogP contribution in [0.1, 0.15) is 29.7 Å². The Morgan fingerprint density at radius 1 is 1.03 bits per heavy atom. The fourth-order valence-corrected chi connectivity index (χ4v) is 4.67. The smallest absolute Gasteiger partial charge is 0.488 e. The number of benzene rings is 2. The fourth-order valence-electron chi connectivity index (χ4n) is 4.67. The summed E-state index contributed by atoms with van der Waals surface area (Å²) in [6.45, 7) is 3.19. The van der Waals surface area contributed by atoms with Crippen LogP contribution in [0, 0.1) is 6.92 Å². The quantitative estimate of drug-likeness (QED) is 0.229. The van der Waals surface area contributed by atoms with E-state index in [9.17, 15) is 13.2 Å². The van der Waals surface area contributed by atoms with E-state index in [1.165, 1.54) is 0 Å². The Morgan fingerprint density at radius 3 is 2.44 bits per heavy atom. The molecule has 0 aliphatic carbocycles. The number of halogens is 3. The number of fused-ring (bicyclic) bond motifs is 1. The number of aliphatic imine (C=N–C) groups is 1. The normalized spacial score (nSPS) is 15.1. The highest BCUT2D eigenvalue weighted by molar-refractivity contribution is 6.02. The summed E-state index contributed by atoms with van der Waals surface area (Å²) in [6.07, 6.45) is -3.22. The summed E-state index contributed by atoms with van der Waals surface area (Å²) < 4.78 is 47.9. The number of ether oxygens (including phenoxy) is 2. The molecule has 0 spiro atoms. The first-order valence-electron chi connectivity index (χ1n) is 12.6. The van der Waals surface area contributed by atoms with E-state index in [1.807, 2.05) is 72.5 Å². The van der Waals surface area contributed by atoms with Gasteiger partial charge in [-0.15, -0.1) is 13.2 Å². The number of nitrogens with two attached hydrogens (primary N) is 1. The Kier molecular flexibility index (Phi) is 7.65. The van der Waals surface area contributed by atoms with E-state index in [2.05, 4.69) is 14.7 Å². The molecule has 2 aromatic carbocycles. The first-order chi connectivity index (χ1) is 18.8. The summed E-state index contributed by atoms with van der Waals surface area (Å²) >= 11 is 0. The molecule has 0 amide bonds. The van der Waals surface area contributed by atoms with Gasteiger partial charge in [0.1, 0.15) is 18.1 Å². The van der Waals surface area contributed by atoms with Crippen LogP contribution in [0.3, 0.4) is 0 Å². The molecule has 202 valence electrons.